The first kappa shape index (κ1) is 13.5. The molecule has 2 N–H and O–H groups in total. The van der Waals surface area contributed by atoms with Crippen LogP contribution in [0.1, 0.15) is 12.8 Å². The molecule has 0 atom stereocenters. The van der Waals surface area contributed by atoms with Crippen LogP contribution in [-0.2, 0) is 4.79 Å². The number of anilines is 2. The number of nitrogens with two attached hydrogens (primary N) is 1. The average molecular weight is 359 g/mol. The number of amides is 1. The van der Waals surface area contributed by atoms with Gasteiger partial charge in [-0.3, -0.25) is 4.79 Å². The number of likely N-dealkylation sites (tertiary alicyclic amines) is 1. The molecule has 2 rings (SSSR count). The molecule has 1 saturated heterocycles. The Morgan fingerprint density at radius 3 is 2.72 bits per heavy atom. The third-order valence-electron chi connectivity index (χ3n) is 3.21. The Bertz CT molecular complexity index is 444. The second-order valence-electron chi connectivity index (χ2n) is 4.65. The smallest absolute Gasteiger partial charge is 0.242 e. The lowest BCUT2D eigenvalue weighted by Crippen LogP contribution is -2.37. The van der Waals surface area contributed by atoms with Crippen LogP contribution in [0.4, 0.5) is 11.4 Å². The van der Waals surface area contributed by atoms with Crippen molar-refractivity contribution in [2.45, 2.75) is 12.8 Å². The summed E-state index contributed by atoms with van der Waals surface area (Å²) in [6, 6.07) is 5.76. The highest BCUT2D eigenvalue weighted by Crippen LogP contribution is 2.24. The Morgan fingerprint density at radius 2 is 2.11 bits per heavy atom. The lowest BCUT2D eigenvalue weighted by molar-refractivity contribution is -0.128. The zero-order valence-corrected chi connectivity index (χ0v) is 12.7. The van der Waals surface area contributed by atoms with Crippen molar-refractivity contribution in [2.75, 3.05) is 37.3 Å². The number of rotatable bonds is 3. The number of carbonyl (C=O) groups is 1. The predicted octanol–water partition coefficient (Wildman–Crippen LogP) is 1.93. The van der Waals surface area contributed by atoms with Crippen LogP contribution in [0, 0.1) is 3.57 Å². The van der Waals surface area contributed by atoms with Gasteiger partial charge in [0.25, 0.3) is 0 Å². The maximum Gasteiger partial charge on any atom is 0.242 e. The highest BCUT2D eigenvalue weighted by atomic mass is 127. The second-order valence-corrected chi connectivity index (χ2v) is 5.82. The first-order chi connectivity index (χ1) is 8.58. The lowest BCUT2D eigenvalue weighted by atomic mass is 10.2. The number of halogens is 1. The molecule has 18 heavy (non-hydrogen) atoms. The van der Waals surface area contributed by atoms with Crippen molar-refractivity contribution in [1.29, 1.82) is 0 Å². The number of nitrogen functional groups attached to an aromatic ring is 1. The Balaban J connectivity index is 2.02. The molecule has 1 amide bonds. The van der Waals surface area contributed by atoms with E-state index in [-0.39, 0.29) is 5.91 Å². The first-order valence-corrected chi connectivity index (χ1v) is 7.20. The molecule has 1 aromatic rings. The molecule has 1 heterocycles. The van der Waals surface area contributed by atoms with Crippen molar-refractivity contribution in [1.82, 2.24) is 4.90 Å². The minimum absolute atomic E-state index is 0.211. The molecule has 0 spiro atoms. The fourth-order valence-electron chi connectivity index (χ4n) is 2.19. The molecular weight excluding hydrogens is 341 g/mol. The highest BCUT2D eigenvalue weighted by Gasteiger charge is 2.19. The van der Waals surface area contributed by atoms with Gasteiger partial charge < -0.3 is 15.5 Å². The molecule has 1 fully saturated rings. The summed E-state index contributed by atoms with van der Waals surface area (Å²) >= 11 is 2.25. The van der Waals surface area contributed by atoms with Crippen LogP contribution >= 0.6 is 22.6 Å². The zero-order chi connectivity index (χ0) is 13.1. The van der Waals surface area contributed by atoms with Crippen molar-refractivity contribution in [3.05, 3.63) is 21.8 Å². The number of carbonyl (C=O) groups excluding carboxylic acids is 1. The molecular formula is C13H18IN3O. The van der Waals surface area contributed by atoms with E-state index in [1.165, 1.54) is 0 Å². The zero-order valence-electron chi connectivity index (χ0n) is 10.5. The van der Waals surface area contributed by atoms with Crippen LogP contribution in [0.15, 0.2) is 18.2 Å². The Hall–Kier alpha value is -0.980. The molecule has 5 heteroatoms. The Labute approximate surface area is 121 Å². The molecule has 1 aromatic carbocycles. The van der Waals surface area contributed by atoms with Gasteiger partial charge in [0, 0.05) is 29.4 Å². The van der Waals surface area contributed by atoms with Gasteiger partial charge in [0.1, 0.15) is 0 Å². The number of nitrogens with zero attached hydrogens (tertiary/aromatic N) is 2. The minimum Gasteiger partial charge on any atom is -0.399 e. The van der Waals surface area contributed by atoms with E-state index in [0.717, 1.165) is 40.9 Å². The van der Waals surface area contributed by atoms with E-state index in [9.17, 15) is 4.79 Å². The number of hydrogen-bond donors (Lipinski definition) is 1. The first-order valence-electron chi connectivity index (χ1n) is 6.12. The Morgan fingerprint density at radius 1 is 1.44 bits per heavy atom. The van der Waals surface area contributed by atoms with Crippen LogP contribution < -0.4 is 10.6 Å². The molecule has 0 aromatic heterocycles. The third kappa shape index (κ3) is 3.07. The topological polar surface area (TPSA) is 49.6 Å². The van der Waals surface area contributed by atoms with Gasteiger partial charge >= 0.3 is 0 Å². The number of likely N-dealkylation sites (N-methyl/N-ethyl adjacent to an activating group) is 1. The number of benzene rings is 1. The highest BCUT2D eigenvalue weighted by molar-refractivity contribution is 14.1. The quantitative estimate of drug-likeness (QED) is 0.663. The van der Waals surface area contributed by atoms with Gasteiger partial charge in [0.05, 0.1) is 12.2 Å². The summed E-state index contributed by atoms with van der Waals surface area (Å²) in [5.41, 5.74) is 7.54. The minimum atomic E-state index is 0.211. The van der Waals surface area contributed by atoms with Crippen molar-refractivity contribution in [3.63, 3.8) is 0 Å². The molecule has 0 aliphatic carbocycles. The van der Waals surface area contributed by atoms with Crippen molar-refractivity contribution < 1.29 is 4.79 Å². The van der Waals surface area contributed by atoms with Crippen LogP contribution in [0.25, 0.3) is 0 Å². The predicted molar refractivity (Wildman–Crippen MR) is 82.7 cm³/mol. The third-order valence-corrected chi connectivity index (χ3v) is 4.08. The summed E-state index contributed by atoms with van der Waals surface area (Å²) in [5.74, 6) is 0.211. The van der Waals surface area contributed by atoms with E-state index in [0.29, 0.717) is 6.54 Å². The van der Waals surface area contributed by atoms with Crippen molar-refractivity contribution in [3.8, 4) is 0 Å². The van der Waals surface area contributed by atoms with Crippen molar-refractivity contribution >= 4 is 39.9 Å². The van der Waals surface area contributed by atoms with E-state index in [1.54, 1.807) is 0 Å². The molecule has 0 bridgehead atoms. The molecule has 98 valence electrons. The fraction of sp³-hybridized carbons (Fsp3) is 0.462. The summed E-state index contributed by atoms with van der Waals surface area (Å²) in [5, 5.41) is 0. The van der Waals surface area contributed by atoms with Crippen molar-refractivity contribution in [2.24, 2.45) is 0 Å². The Kier molecular flexibility index (Phi) is 4.31. The van der Waals surface area contributed by atoms with E-state index in [1.807, 2.05) is 35.0 Å². The monoisotopic (exact) mass is 359 g/mol. The van der Waals surface area contributed by atoms with E-state index < -0.39 is 0 Å². The molecule has 0 saturated carbocycles. The van der Waals surface area contributed by atoms with E-state index in [4.69, 9.17) is 5.73 Å². The van der Waals surface area contributed by atoms with Gasteiger partial charge in [-0.25, -0.2) is 0 Å². The van der Waals surface area contributed by atoms with Gasteiger partial charge in [-0.2, -0.15) is 0 Å². The van der Waals surface area contributed by atoms with Crippen LogP contribution in [-0.4, -0.2) is 37.5 Å². The maximum absolute atomic E-state index is 12.1. The lowest BCUT2D eigenvalue weighted by Gasteiger charge is -2.23. The number of hydrogen-bond acceptors (Lipinski definition) is 3. The van der Waals surface area contributed by atoms with Gasteiger partial charge in [0.15, 0.2) is 0 Å². The summed E-state index contributed by atoms with van der Waals surface area (Å²) in [6.07, 6.45) is 2.27. The molecule has 1 aliphatic rings. The van der Waals surface area contributed by atoms with Gasteiger partial charge in [-0.1, -0.05) is 0 Å². The normalized spacial score (nSPS) is 14.9. The SMILES string of the molecule is CN(CC(=O)N1CCCC1)c1ccc(N)cc1I. The van der Waals surface area contributed by atoms with E-state index in [2.05, 4.69) is 22.6 Å². The summed E-state index contributed by atoms with van der Waals surface area (Å²) < 4.78 is 1.07. The molecule has 0 radical (unpaired) electrons. The summed E-state index contributed by atoms with van der Waals surface area (Å²) in [6.45, 7) is 2.25. The van der Waals surface area contributed by atoms with Crippen LogP contribution in [0.3, 0.4) is 0 Å². The summed E-state index contributed by atoms with van der Waals surface area (Å²) in [7, 11) is 1.95. The largest absolute Gasteiger partial charge is 0.399 e. The van der Waals surface area contributed by atoms with Gasteiger partial charge in [-0.05, 0) is 53.6 Å². The van der Waals surface area contributed by atoms with E-state index >= 15 is 0 Å². The van der Waals surface area contributed by atoms with Gasteiger partial charge in [0.2, 0.25) is 5.91 Å². The van der Waals surface area contributed by atoms with Gasteiger partial charge in [-0.15, -0.1) is 0 Å². The van der Waals surface area contributed by atoms with Crippen LogP contribution in [0.2, 0.25) is 0 Å². The molecule has 1 aliphatic heterocycles. The average Bonchev–Trinajstić information content (AvgIpc) is 2.81. The summed E-state index contributed by atoms with van der Waals surface area (Å²) in [4.78, 5) is 16.0. The standard InChI is InChI=1S/C13H18IN3O/c1-16(9-13(18)17-6-2-3-7-17)12-5-4-10(15)8-11(12)14/h4-5,8H,2-3,6-7,9,15H2,1H3. The second kappa shape index (κ2) is 5.77. The fourth-order valence-corrected chi connectivity index (χ4v) is 3.14. The molecule has 4 nitrogen and oxygen atoms in total. The maximum atomic E-state index is 12.1. The molecule has 0 unspecified atom stereocenters. The van der Waals surface area contributed by atoms with Crippen LogP contribution in [0.5, 0.6) is 0 Å².